The fourth-order valence-electron chi connectivity index (χ4n) is 2.62. The summed E-state index contributed by atoms with van der Waals surface area (Å²) in [5.41, 5.74) is 3.30. The number of anilines is 1. The summed E-state index contributed by atoms with van der Waals surface area (Å²) in [7, 11) is 0. The molecule has 1 N–H and O–H groups in total. The van der Waals surface area contributed by atoms with Gasteiger partial charge in [0.05, 0.1) is 5.02 Å². The molecule has 1 atom stereocenters. The SMILES string of the molecule is Cc1ccc(C)c(NC(=O)[C@@H](C)OC(=O)/C=C/c2cc(Cl)c3c(c2)OCO3)c1. The molecule has 1 aliphatic rings. The molecule has 0 radical (unpaired) electrons. The zero-order valence-corrected chi connectivity index (χ0v) is 16.5. The van der Waals surface area contributed by atoms with Crippen molar-refractivity contribution in [2.45, 2.75) is 26.9 Å². The van der Waals surface area contributed by atoms with Gasteiger partial charge in [-0.05, 0) is 61.7 Å². The van der Waals surface area contributed by atoms with Crippen molar-refractivity contribution in [2.24, 2.45) is 0 Å². The first-order valence-corrected chi connectivity index (χ1v) is 9.07. The van der Waals surface area contributed by atoms with Crippen molar-refractivity contribution in [1.82, 2.24) is 0 Å². The van der Waals surface area contributed by atoms with Crippen LogP contribution in [0.25, 0.3) is 6.08 Å². The van der Waals surface area contributed by atoms with Crippen LogP contribution in [0.15, 0.2) is 36.4 Å². The molecule has 0 spiro atoms. The molecule has 0 aliphatic carbocycles. The van der Waals surface area contributed by atoms with E-state index in [1.807, 2.05) is 32.0 Å². The summed E-state index contributed by atoms with van der Waals surface area (Å²) >= 11 is 6.11. The number of ether oxygens (including phenoxy) is 3. The summed E-state index contributed by atoms with van der Waals surface area (Å²) in [6, 6.07) is 9.09. The van der Waals surface area contributed by atoms with Crippen molar-refractivity contribution in [1.29, 1.82) is 0 Å². The van der Waals surface area contributed by atoms with E-state index in [0.717, 1.165) is 11.1 Å². The summed E-state index contributed by atoms with van der Waals surface area (Å²) in [5, 5.41) is 3.17. The first kappa shape index (κ1) is 19.8. The third-order valence-electron chi connectivity index (χ3n) is 4.17. The molecule has 0 fully saturated rings. The van der Waals surface area contributed by atoms with E-state index in [9.17, 15) is 9.59 Å². The van der Waals surface area contributed by atoms with Crippen LogP contribution < -0.4 is 14.8 Å². The largest absolute Gasteiger partial charge is 0.454 e. The van der Waals surface area contributed by atoms with E-state index in [4.69, 9.17) is 25.8 Å². The molecule has 1 heterocycles. The second kappa shape index (κ2) is 8.35. The highest BCUT2D eigenvalue weighted by Crippen LogP contribution is 2.40. The average molecular weight is 402 g/mol. The number of esters is 1. The van der Waals surface area contributed by atoms with Crippen molar-refractivity contribution in [3.05, 3.63) is 58.1 Å². The fourth-order valence-corrected chi connectivity index (χ4v) is 2.89. The second-order valence-corrected chi connectivity index (χ2v) is 6.86. The van der Waals surface area contributed by atoms with Crippen molar-refractivity contribution < 1.29 is 23.8 Å². The molecular weight excluding hydrogens is 382 g/mol. The highest BCUT2D eigenvalue weighted by atomic mass is 35.5. The summed E-state index contributed by atoms with van der Waals surface area (Å²) in [6.07, 6.45) is 1.82. The molecule has 1 aliphatic heterocycles. The van der Waals surface area contributed by atoms with Crippen LogP contribution in [0.2, 0.25) is 5.02 Å². The van der Waals surface area contributed by atoms with E-state index in [0.29, 0.717) is 27.8 Å². The van der Waals surface area contributed by atoms with Gasteiger partial charge in [-0.25, -0.2) is 4.79 Å². The number of carbonyl (C=O) groups is 2. The molecule has 0 bridgehead atoms. The van der Waals surface area contributed by atoms with Crippen LogP contribution in [0.1, 0.15) is 23.6 Å². The minimum absolute atomic E-state index is 0.108. The maximum absolute atomic E-state index is 12.3. The zero-order chi connectivity index (χ0) is 20.3. The van der Waals surface area contributed by atoms with Gasteiger partial charge in [-0.2, -0.15) is 0 Å². The second-order valence-electron chi connectivity index (χ2n) is 6.46. The molecule has 3 rings (SSSR count). The molecule has 0 unspecified atom stereocenters. The van der Waals surface area contributed by atoms with Crippen molar-refractivity contribution in [3.63, 3.8) is 0 Å². The van der Waals surface area contributed by atoms with Crippen LogP contribution in [-0.4, -0.2) is 24.8 Å². The first-order valence-electron chi connectivity index (χ1n) is 8.69. The topological polar surface area (TPSA) is 73.9 Å². The van der Waals surface area contributed by atoms with Crippen molar-refractivity contribution >= 4 is 35.2 Å². The Morgan fingerprint density at radius 1 is 1.21 bits per heavy atom. The number of nitrogens with one attached hydrogen (secondary N) is 1. The maximum Gasteiger partial charge on any atom is 0.331 e. The maximum atomic E-state index is 12.3. The first-order chi connectivity index (χ1) is 13.3. The van der Waals surface area contributed by atoms with Crippen LogP contribution in [0.3, 0.4) is 0 Å². The Balaban J connectivity index is 1.59. The van der Waals surface area contributed by atoms with Crippen LogP contribution in [-0.2, 0) is 14.3 Å². The lowest BCUT2D eigenvalue weighted by molar-refractivity contribution is -0.148. The summed E-state index contributed by atoms with van der Waals surface area (Å²) < 4.78 is 15.7. The number of amides is 1. The molecule has 28 heavy (non-hydrogen) atoms. The van der Waals surface area contributed by atoms with E-state index >= 15 is 0 Å². The molecule has 6 nitrogen and oxygen atoms in total. The molecular formula is C21H20ClNO5. The smallest absolute Gasteiger partial charge is 0.331 e. The van der Waals surface area contributed by atoms with E-state index < -0.39 is 18.0 Å². The van der Waals surface area contributed by atoms with Gasteiger partial charge in [-0.1, -0.05) is 23.7 Å². The van der Waals surface area contributed by atoms with Gasteiger partial charge in [0.15, 0.2) is 17.6 Å². The van der Waals surface area contributed by atoms with E-state index in [1.165, 1.54) is 19.1 Å². The highest BCUT2D eigenvalue weighted by Gasteiger charge is 2.19. The molecule has 2 aromatic rings. The number of benzene rings is 2. The van der Waals surface area contributed by atoms with Crippen molar-refractivity contribution in [3.8, 4) is 11.5 Å². The Labute approximate surface area is 168 Å². The minimum Gasteiger partial charge on any atom is -0.454 e. The lowest BCUT2D eigenvalue weighted by atomic mass is 10.1. The van der Waals surface area contributed by atoms with E-state index in [2.05, 4.69) is 5.32 Å². The van der Waals surface area contributed by atoms with Gasteiger partial charge in [0.2, 0.25) is 6.79 Å². The van der Waals surface area contributed by atoms with Gasteiger partial charge in [0.1, 0.15) is 0 Å². The monoisotopic (exact) mass is 401 g/mol. The van der Waals surface area contributed by atoms with Gasteiger partial charge in [-0.3, -0.25) is 4.79 Å². The number of hydrogen-bond donors (Lipinski definition) is 1. The molecule has 0 saturated carbocycles. The third kappa shape index (κ3) is 4.64. The third-order valence-corrected chi connectivity index (χ3v) is 4.46. The Hall–Kier alpha value is -2.99. The number of aryl methyl sites for hydroxylation is 2. The number of carbonyl (C=O) groups excluding carboxylic acids is 2. The number of fused-ring (bicyclic) bond motifs is 1. The molecule has 0 aromatic heterocycles. The zero-order valence-electron chi connectivity index (χ0n) is 15.7. The summed E-state index contributed by atoms with van der Waals surface area (Å²) in [4.78, 5) is 24.3. The highest BCUT2D eigenvalue weighted by molar-refractivity contribution is 6.32. The van der Waals surface area contributed by atoms with Crippen molar-refractivity contribution in [2.75, 3.05) is 12.1 Å². The van der Waals surface area contributed by atoms with Gasteiger partial charge < -0.3 is 19.5 Å². The Bertz CT molecular complexity index is 954. The van der Waals surface area contributed by atoms with Crippen LogP contribution >= 0.6 is 11.6 Å². The molecule has 0 saturated heterocycles. The molecule has 146 valence electrons. The van der Waals surface area contributed by atoms with Crippen LogP contribution in [0.5, 0.6) is 11.5 Å². The van der Waals surface area contributed by atoms with Gasteiger partial charge in [0, 0.05) is 11.8 Å². The van der Waals surface area contributed by atoms with E-state index in [1.54, 1.807) is 12.1 Å². The Morgan fingerprint density at radius 3 is 2.79 bits per heavy atom. The molecule has 1 amide bonds. The lowest BCUT2D eigenvalue weighted by Crippen LogP contribution is -2.29. The number of rotatable bonds is 5. The van der Waals surface area contributed by atoms with Gasteiger partial charge >= 0.3 is 5.97 Å². The fraction of sp³-hybridized carbons (Fsp3) is 0.238. The Kier molecular flexibility index (Phi) is 5.90. The van der Waals surface area contributed by atoms with Gasteiger partial charge in [0.25, 0.3) is 5.91 Å². The quantitative estimate of drug-likeness (QED) is 0.598. The lowest BCUT2D eigenvalue weighted by Gasteiger charge is -2.14. The predicted molar refractivity (Wildman–Crippen MR) is 107 cm³/mol. The summed E-state index contributed by atoms with van der Waals surface area (Å²) in [6.45, 7) is 5.46. The Morgan fingerprint density at radius 2 is 2.00 bits per heavy atom. The number of hydrogen-bond acceptors (Lipinski definition) is 5. The predicted octanol–water partition coefficient (Wildman–Crippen LogP) is 4.27. The normalized spacial score (nSPS) is 13.4. The minimum atomic E-state index is -0.947. The average Bonchev–Trinajstić information content (AvgIpc) is 3.12. The molecule has 7 heteroatoms. The van der Waals surface area contributed by atoms with E-state index in [-0.39, 0.29) is 6.79 Å². The summed E-state index contributed by atoms with van der Waals surface area (Å²) in [5.74, 6) is -0.0427. The van der Waals surface area contributed by atoms with Crippen LogP contribution in [0, 0.1) is 13.8 Å². The molecule has 2 aromatic carbocycles. The van der Waals surface area contributed by atoms with Crippen LogP contribution in [0.4, 0.5) is 5.69 Å². The van der Waals surface area contributed by atoms with Gasteiger partial charge in [-0.15, -0.1) is 0 Å². The number of halogens is 1. The standard InChI is InChI=1S/C21H20ClNO5/c1-12-4-5-13(2)17(8-12)23-21(25)14(3)28-19(24)7-6-15-9-16(22)20-18(10-15)26-11-27-20/h4-10,14H,11H2,1-3H3,(H,23,25)/b7-6+/t14-/m1/s1.